The Bertz CT molecular complexity index is 1400. The monoisotopic (exact) mass is 427 g/mol. The van der Waals surface area contributed by atoms with Crippen LogP contribution in [0.4, 0.5) is 15.8 Å². The first kappa shape index (κ1) is 20.4. The minimum absolute atomic E-state index is 0.0203. The summed E-state index contributed by atoms with van der Waals surface area (Å²) in [4.78, 5) is 34.7. The Morgan fingerprint density at radius 2 is 1.94 bits per heavy atom. The number of rotatable bonds is 6. The summed E-state index contributed by atoms with van der Waals surface area (Å²) in [5, 5.41) is 0. The van der Waals surface area contributed by atoms with Gasteiger partial charge in [0.05, 0.1) is 17.8 Å². The van der Waals surface area contributed by atoms with Crippen LogP contribution in [0.1, 0.15) is 32.0 Å². The lowest BCUT2D eigenvalue weighted by Gasteiger charge is -2.13. The van der Waals surface area contributed by atoms with Gasteiger partial charge in [0.2, 0.25) is 5.89 Å². The molecule has 0 aliphatic carbocycles. The van der Waals surface area contributed by atoms with Gasteiger partial charge in [0.15, 0.2) is 11.2 Å². The van der Waals surface area contributed by atoms with Crippen LogP contribution >= 0.6 is 0 Å². The summed E-state index contributed by atoms with van der Waals surface area (Å²) in [6, 6.07) is 4.04. The average Bonchev–Trinajstić information content (AvgIpc) is 3.29. The van der Waals surface area contributed by atoms with Crippen LogP contribution in [0.3, 0.4) is 0 Å². The Balaban J connectivity index is 2.12. The van der Waals surface area contributed by atoms with Crippen molar-refractivity contribution in [2.24, 2.45) is 0 Å². The third-order valence-corrected chi connectivity index (χ3v) is 4.98. The molecule has 0 fully saturated rings. The molecule has 0 saturated heterocycles. The number of oxazole rings is 1. The molecule has 0 spiro atoms. The van der Waals surface area contributed by atoms with Crippen molar-refractivity contribution in [2.75, 3.05) is 11.5 Å². The van der Waals surface area contributed by atoms with Gasteiger partial charge in [-0.1, -0.05) is 6.92 Å². The van der Waals surface area contributed by atoms with E-state index in [2.05, 4.69) is 9.97 Å². The van der Waals surface area contributed by atoms with Gasteiger partial charge in [0, 0.05) is 18.8 Å². The first-order chi connectivity index (χ1) is 14.8. The molecule has 11 heteroatoms. The van der Waals surface area contributed by atoms with Gasteiger partial charge >= 0.3 is 5.69 Å². The van der Waals surface area contributed by atoms with Gasteiger partial charge in [-0.15, -0.1) is 0 Å². The van der Waals surface area contributed by atoms with E-state index in [-0.39, 0.29) is 30.0 Å². The lowest BCUT2D eigenvalue weighted by atomic mass is 10.2. The number of benzene rings is 1. The van der Waals surface area contributed by atoms with E-state index in [0.29, 0.717) is 35.9 Å². The average molecular weight is 427 g/mol. The Kier molecular flexibility index (Phi) is 5.09. The van der Waals surface area contributed by atoms with Gasteiger partial charge in [-0.05, 0) is 31.5 Å². The Morgan fingerprint density at radius 1 is 1.16 bits per heavy atom. The molecule has 0 radical (unpaired) electrons. The highest BCUT2D eigenvalue weighted by atomic mass is 19.1. The van der Waals surface area contributed by atoms with Gasteiger partial charge in [-0.3, -0.25) is 18.5 Å². The standard InChI is InChI=1S/C20H22FN7O3/c1-3-7-27-19(29)17-18(26(4-2)20(27)30)25-15(9-16-24-10-14(21)31-16)28(17)13-6-5-11(22)8-12(13)23/h5-6,8,10H,3-4,7,9,22-23H2,1-2H3. The number of imidazole rings is 1. The lowest BCUT2D eigenvalue weighted by molar-refractivity contribution is 0.337. The zero-order valence-electron chi connectivity index (χ0n) is 17.1. The van der Waals surface area contributed by atoms with E-state index in [1.165, 1.54) is 9.13 Å². The lowest BCUT2D eigenvalue weighted by Crippen LogP contribution is -2.40. The number of aryl methyl sites for hydroxylation is 1. The van der Waals surface area contributed by atoms with Crippen molar-refractivity contribution in [3.63, 3.8) is 0 Å². The van der Waals surface area contributed by atoms with E-state index >= 15 is 0 Å². The van der Waals surface area contributed by atoms with Crippen LogP contribution in [-0.4, -0.2) is 23.7 Å². The van der Waals surface area contributed by atoms with Crippen molar-refractivity contribution in [3.8, 4) is 5.69 Å². The van der Waals surface area contributed by atoms with Crippen molar-refractivity contribution in [1.29, 1.82) is 0 Å². The maximum atomic E-state index is 13.4. The largest absolute Gasteiger partial charge is 0.415 e. The summed E-state index contributed by atoms with van der Waals surface area (Å²) < 4.78 is 22.5. The van der Waals surface area contributed by atoms with Crippen LogP contribution in [0.25, 0.3) is 16.9 Å². The summed E-state index contributed by atoms with van der Waals surface area (Å²) in [6.07, 6.45) is 1.54. The number of halogens is 1. The zero-order valence-corrected chi connectivity index (χ0v) is 17.1. The maximum absolute atomic E-state index is 13.4. The fourth-order valence-corrected chi connectivity index (χ4v) is 3.65. The number of nitrogen functional groups attached to an aromatic ring is 2. The highest BCUT2D eigenvalue weighted by Gasteiger charge is 2.24. The van der Waals surface area contributed by atoms with Gasteiger partial charge in [0.25, 0.3) is 11.6 Å². The molecule has 31 heavy (non-hydrogen) atoms. The molecule has 0 amide bonds. The van der Waals surface area contributed by atoms with Gasteiger partial charge in [-0.25, -0.2) is 14.8 Å². The molecule has 3 heterocycles. The molecule has 4 N–H and O–H groups in total. The molecule has 0 aliphatic heterocycles. The molecule has 0 aliphatic rings. The molecular weight excluding hydrogens is 405 g/mol. The first-order valence-electron chi connectivity index (χ1n) is 9.86. The molecule has 4 rings (SSSR count). The van der Waals surface area contributed by atoms with E-state index in [1.807, 2.05) is 6.92 Å². The smallest absolute Gasteiger partial charge is 0.332 e. The van der Waals surface area contributed by atoms with Gasteiger partial charge in [-0.2, -0.15) is 4.39 Å². The van der Waals surface area contributed by atoms with Crippen LogP contribution in [0.2, 0.25) is 0 Å². The summed E-state index contributed by atoms with van der Waals surface area (Å²) in [7, 11) is 0. The van der Waals surface area contributed by atoms with Crippen molar-refractivity contribution >= 4 is 22.5 Å². The third-order valence-electron chi connectivity index (χ3n) is 4.98. The number of hydrogen-bond donors (Lipinski definition) is 2. The predicted molar refractivity (Wildman–Crippen MR) is 114 cm³/mol. The summed E-state index contributed by atoms with van der Waals surface area (Å²) in [5.41, 5.74) is 12.7. The Hall–Kier alpha value is -3.89. The molecule has 162 valence electrons. The molecule has 4 aromatic rings. The van der Waals surface area contributed by atoms with Gasteiger partial charge < -0.3 is 15.9 Å². The zero-order chi connectivity index (χ0) is 22.3. The SMILES string of the molecule is CCCn1c(=O)c2c(nc(Cc3ncc(F)o3)n2-c2ccc(N)cc2N)n(CC)c1=O. The highest BCUT2D eigenvalue weighted by Crippen LogP contribution is 2.26. The van der Waals surface area contributed by atoms with E-state index in [9.17, 15) is 14.0 Å². The number of nitrogens with zero attached hydrogens (tertiary/aromatic N) is 5. The molecule has 0 saturated carbocycles. The van der Waals surface area contributed by atoms with E-state index in [1.54, 1.807) is 29.7 Å². The molecule has 3 aromatic heterocycles. The van der Waals surface area contributed by atoms with Crippen LogP contribution in [-0.2, 0) is 19.5 Å². The Labute approximate surface area is 175 Å². The van der Waals surface area contributed by atoms with Crippen LogP contribution in [0, 0.1) is 6.01 Å². The summed E-state index contributed by atoms with van der Waals surface area (Å²) in [6.45, 7) is 4.24. The van der Waals surface area contributed by atoms with Crippen LogP contribution in [0.15, 0.2) is 38.4 Å². The summed E-state index contributed by atoms with van der Waals surface area (Å²) in [5.74, 6) is 0.392. The second-order valence-corrected chi connectivity index (χ2v) is 7.07. The van der Waals surface area contributed by atoms with E-state index in [0.717, 1.165) is 6.20 Å². The molecule has 0 atom stereocenters. The van der Waals surface area contributed by atoms with Gasteiger partial charge in [0.1, 0.15) is 12.0 Å². The fraction of sp³-hybridized carbons (Fsp3) is 0.300. The second-order valence-electron chi connectivity index (χ2n) is 7.07. The van der Waals surface area contributed by atoms with Crippen molar-refractivity contribution in [1.82, 2.24) is 23.7 Å². The fourth-order valence-electron chi connectivity index (χ4n) is 3.65. The number of fused-ring (bicyclic) bond motifs is 1. The highest BCUT2D eigenvalue weighted by molar-refractivity contribution is 5.77. The minimum atomic E-state index is -0.833. The van der Waals surface area contributed by atoms with Crippen molar-refractivity contribution < 1.29 is 8.81 Å². The number of hydrogen-bond acceptors (Lipinski definition) is 7. The first-order valence-corrected chi connectivity index (χ1v) is 9.86. The predicted octanol–water partition coefficient (Wildman–Crippen LogP) is 1.66. The van der Waals surface area contributed by atoms with Crippen LogP contribution < -0.4 is 22.7 Å². The molecular formula is C20H22FN7O3. The molecule has 0 bridgehead atoms. The summed E-state index contributed by atoms with van der Waals surface area (Å²) >= 11 is 0. The molecule has 1 aromatic carbocycles. The molecule has 0 unspecified atom stereocenters. The van der Waals surface area contributed by atoms with E-state index in [4.69, 9.17) is 15.9 Å². The van der Waals surface area contributed by atoms with E-state index < -0.39 is 17.3 Å². The topological polar surface area (TPSA) is 140 Å². The quantitative estimate of drug-likeness (QED) is 0.446. The normalized spacial score (nSPS) is 11.5. The van der Waals surface area contributed by atoms with Crippen molar-refractivity contribution in [3.05, 3.63) is 63.0 Å². The minimum Gasteiger partial charge on any atom is -0.415 e. The Morgan fingerprint density at radius 3 is 2.55 bits per heavy atom. The maximum Gasteiger partial charge on any atom is 0.332 e. The number of aromatic nitrogens is 5. The molecule has 10 nitrogen and oxygen atoms in total. The second kappa shape index (κ2) is 7.74. The number of nitrogens with two attached hydrogens (primary N) is 2. The number of anilines is 2. The third kappa shape index (κ3) is 3.37. The van der Waals surface area contributed by atoms with Crippen molar-refractivity contribution in [2.45, 2.75) is 39.8 Å². The van der Waals surface area contributed by atoms with Crippen LogP contribution in [0.5, 0.6) is 0 Å².